The number of fused-ring (bicyclic) bond motifs is 2. The van der Waals surface area contributed by atoms with Gasteiger partial charge in [0.25, 0.3) is 0 Å². The molecule has 0 unspecified atom stereocenters. The molecule has 3 nitrogen and oxygen atoms in total. The van der Waals surface area contributed by atoms with E-state index in [2.05, 4.69) is 10.2 Å². The lowest BCUT2D eigenvalue weighted by Gasteiger charge is -2.17. The zero-order valence-electron chi connectivity index (χ0n) is 9.42. The van der Waals surface area contributed by atoms with Crippen LogP contribution in [0.25, 0.3) is 22.0 Å². The summed E-state index contributed by atoms with van der Waals surface area (Å²) in [7, 11) is 0. The molecule has 0 atom stereocenters. The van der Waals surface area contributed by atoms with Gasteiger partial charge in [-0.15, -0.1) is 5.10 Å². The van der Waals surface area contributed by atoms with Crippen LogP contribution in [0.5, 0.6) is 0 Å². The third-order valence-electron chi connectivity index (χ3n) is 3.36. The Labute approximate surface area is 103 Å². The highest BCUT2D eigenvalue weighted by atomic mass is 16.1. The second-order valence-corrected chi connectivity index (χ2v) is 4.34. The summed E-state index contributed by atoms with van der Waals surface area (Å²) in [5, 5.41) is 10.1. The Morgan fingerprint density at radius 1 is 0.833 bits per heavy atom. The predicted molar refractivity (Wildman–Crippen MR) is 68.4 cm³/mol. The highest BCUT2D eigenvalue weighted by Gasteiger charge is 2.25. The maximum atomic E-state index is 12.4. The summed E-state index contributed by atoms with van der Waals surface area (Å²) in [5.74, 6) is 0.0664. The van der Waals surface area contributed by atoms with Gasteiger partial charge in [-0.1, -0.05) is 42.5 Å². The second-order valence-electron chi connectivity index (χ2n) is 4.34. The maximum Gasteiger partial charge on any atom is 0.194 e. The van der Waals surface area contributed by atoms with Crippen molar-refractivity contribution in [3.05, 3.63) is 59.8 Å². The van der Waals surface area contributed by atoms with Crippen LogP contribution in [0.15, 0.2) is 48.7 Å². The van der Waals surface area contributed by atoms with Crippen LogP contribution in [0.1, 0.15) is 15.9 Å². The molecule has 1 heterocycles. The zero-order valence-corrected chi connectivity index (χ0v) is 9.42. The molecule has 4 rings (SSSR count). The van der Waals surface area contributed by atoms with E-state index in [1.54, 1.807) is 6.20 Å². The van der Waals surface area contributed by atoms with Crippen molar-refractivity contribution in [2.75, 3.05) is 0 Å². The highest BCUT2D eigenvalue weighted by molar-refractivity contribution is 6.24. The molecule has 0 saturated carbocycles. The van der Waals surface area contributed by atoms with E-state index in [1.807, 2.05) is 42.5 Å². The van der Waals surface area contributed by atoms with Gasteiger partial charge in [0.2, 0.25) is 0 Å². The van der Waals surface area contributed by atoms with E-state index >= 15 is 0 Å². The fourth-order valence-corrected chi connectivity index (χ4v) is 2.55. The minimum absolute atomic E-state index is 0.0664. The van der Waals surface area contributed by atoms with E-state index in [0.717, 1.165) is 27.6 Å². The highest BCUT2D eigenvalue weighted by Crippen LogP contribution is 2.36. The van der Waals surface area contributed by atoms with Crippen molar-refractivity contribution in [2.45, 2.75) is 0 Å². The maximum absolute atomic E-state index is 12.4. The van der Waals surface area contributed by atoms with Gasteiger partial charge in [-0.05, 0) is 0 Å². The normalized spacial score (nSPS) is 12.6. The van der Waals surface area contributed by atoms with Crippen LogP contribution in [0, 0.1) is 0 Å². The van der Waals surface area contributed by atoms with Gasteiger partial charge in [0.1, 0.15) is 5.69 Å². The van der Waals surface area contributed by atoms with Crippen molar-refractivity contribution in [1.29, 1.82) is 0 Å². The van der Waals surface area contributed by atoms with Crippen LogP contribution in [0.4, 0.5) is 0 Å². The molecule has 18 heavy (non-hydrogen) atoms. The number of carbonyl (C=O) groups excluding carboxylic acids is 1. The third kappa shape index (κ3) is 1.06. The second kappa shape index (κ2) is 3.23. The van der Waals surface area contributed by atoms with E-state index in [9.17, 15) is 4.79 Å². The van der Waals surface area contributed by atoms with E-state index in [-0.39, 0.29) is 5.78 Å². The average molecular weight is 232 g/mol. The van der Waals surface area contributed by atoms with Crippen molar-refractivity contribution >= 4 is 16.6 Å². The summed E-state index contributed by atoms with van der Waals surface area (Å²) < 4.78 is 0. The van der Waals surface area contributed by atoms with E-state index in [1.165, 1.54) is 0 Å². The Kier molecular flexibility index (Phi) is 1.70. The number of hydrogen-bond donors (Lipinski definition) is 0. The molecule has 1 aliphatic carbocycles. The van der Waals surface area contributed by atoms with E-state index in [0.29, 0.717) is 5.56 Å². The Morgan fingerprint density at radius 3 is 2.50 bits per heavy atom. The Hall–Kier alpha value is -2.55. The van der Waals surface area contributed by atoms with Crippen LogP contribution in [-0.4, -0.2) is 16.0 Å². The SMILES string of the molecule is O=C1c2ccccc2-c2nncc3cccc1c23. The summed E-state index contributed by atoms with van der Waals surface area (Å²) >= 11 is 0. The minimum Gasteiger partial charge on any atom is -0.289 e. The Balaban J connectivity index is 2.28. The average Bonchev–Trinajstić information content (AvgIpc) is 2.44. The van der Waals surface area contributed by atoms with Gasteiger partial charge >= 0.3 is 0 Å². The quantitative estimate of drug-likeness (QED) is 0.468. The van der Waals surface area contributed by atoms with Crippen molar-refractivity contribution in [2.24, 2.45) is 0 Å². The molecule has 3 aromatic rings. The lowest BCUT2D eigenvalue weighted by atomic mass is 9.86. The van der Waals surface area contributed by atoms with Gasteiger partial charge in [0, 0.05) is 27.5 Å². The molecule has 0 fully saturated rings. The summed E-state index contributed by atoms with van der Waals surface area (Å²) in [6.45, 7) is 0. The lowest BCUT2D eigenvalue weighted by Crippen LogP contribution is -2.11. The number of ketones is 1. The van der Waals surface area contributed by atoms with Gasteiger partial charge < -0.3 is 0 Å². The molecule has 84 valence electrons. The molecule has 0 aliphatic heterocycles. The topological polar surface area (TPSA) is 42.9 Å². The Morgan fingerprint density at radius 2 is 1.61 bits per heavy atom. The predicted octanol–water partition coefficient (Wildman–Crippen LogP) is 2.84. The number of aromatic nitrogens is 2. The molecular formula is C15H8N2O. The smallest absolute Gasteiger partial charge is 0.194 e. The number of hydrogen-bond acceptors (Lipinski definition) is 3. The van der Waals surface area contributed by atoms with Gasteiger partial charge in [-0.2, -0.15) is 5.10 Å². The van der Waals surface area contributed by atoms with Crippen LogP contribution in [0.2, 0.25) is 0 Å². The van der Waals surface area contributed by atoms with Crippen molar-refractivity contribution < 1.29 is 4.79 Å². The fourth-order valence-electron chi connectivity index (χ4n) is 2.55. The third-order valence-corrected chi connectivity index (χ3v) is 3.36. The molecule has 0 N–H and O–H groups in total. The molecule has 0 amide bonds. The molecule has 1 aliphatic rings. The standard InChI is InChI=1S/C15H8N2O/c18-15-11-6-2-1-5-10(11)14-13-9(8-16-17-14)4-3-7-12(13)15/h1-8H. The van der Waals surface area contributed by atoms with Crippen molar-refractivity contribution in [3.8, 4) is 11.3 Å². The molecule has 0 bridgehead atoms. The van der Waals surface area contributed by atoms with E-state index in [4.69, 9.17) is 0 Å². The van der Waals surface area contributed by atoms with Gasteiger partial charge in [-0.25, -0.2) is 0 Å². The first-order valence-corrected chi connectivity index (χ1v) is 5.75. The zero-order chi connectivity index (χ0) is 12.1. The van der Waals surface area contributed by atoms with Gasteiger partial charge in [-0.3, -0.25) is 4.79 Å². The number of carbonyl (C=O) groups is 1. The van der Waals surface area contributed by atoms with Gasteiger partial charge in [0.05, 0.1) is 6.20 Å². The van der Waals surface area contributed by atoms with Crippen LogP contribution >= 0.6 is 0 Å². The lowest BCUT2D eigenvalue weighted by molar-refractivity contribution is 0.104. The molecule has 0 radical (unpaired) electrons. The van der Waals surface area contributed by atoms with Crippen LogP contribution in [0.3, 0.4) is 0 Å². The molecule has 0 spiro atoms. The Bertz CT molecular complexity index is 803. The van der Waals surface area contributed by atoms with E-state index < -0.39 is 0 Å². The molecule has 3 heteroatoms. The minimum atomic E-state index is 0.0664. The first-order chi connectivity index (χ1) is 8.86. The number of benzene rings is 2. The summed E-state index contributed by atoms with van der Waals surface area (Å²) in [6, 6.07) is 13.2. The van der Waals surface area contributed by atoms with Crippen LogP contribution < -0.4 is 0 Å². The molecular weight excluding hydrogens is 224 g/mol. The van der Waals surface area contributed by atoms with Crippen molar-refractivity contribution in [1.82, 2.24) is 10.2 Å². The van der Waals surface area contributed by atoms with Crippen molar-refractivity contribution in [3.63, 3.8) is 0 Å². The number of rotatable bonds is 0. The largest absolute Gasteiger partial charge is 0.289 e. The first-order valence-electron chi connectivity index (χ1n) is 5.75. The fraction of sp³-hybridized carbons (Fsp3) is 0. The summed E-state index contributed by atoms with van der Waals surface area (Å²) in [5.41, 5.74) is 3.10. The number of nitrogens with zero attached hydrogens (tertiary/aromatic N) is 2. The summed E-state index contributed by atoms with van der Waals surface area (Å²) in [4.78, 5) is 12.4. The van der Waals surface area contributed by atoms with Gasteiger partial charge in [0.15, 0.2) is 5.78 Å². The molecule has 1 aromatic heterocycles. The summed E-state index contributed by atoms with van der Waals surface area (Å²) in [6.07, 6.45) is 1.70. The van der Waals surface area contributed by atoms with Crippen LogP contribution in [-0.2, 0) is 0 Å². The monoisotopic (exact) mass is 232 g/mol. The molecule has 2 aromatic carbocycles. The molecule has 0 saturated heterocycles. The first kappa shape index (κ1) is 9.48.